The highest BCUT2D eigenvalue weighted by atomic mass is 16.5. The highest BCUT2D eigenvalue weighted by molar-refractivity contribution is 6.10. The van der Waals surface area contributed by atoms with Crippen molar-refractivity contribution in [1.82, 2.24) is 5.32 Å². The van der Waals surface area contributed by atoms with E-state index < -0.39 is 5.41 Å². The molecule has 0 aliphatic heterocycles. The van der Waals surface area contributed by atoms with Gasteiger partial charge in [-0.15, -0.1) is 0 Å². The lowest BCUT2D eigenvalue weighted by molar-refractivity contribution is -0.138. The van der Waals surface area contributed by atoms with Crippen LogP contribution >= 0.6 is 0 Å². The van der Waals surface area contributed by atoms with Gasteiger partial charge >= 0.3 is 0 Å². The van der Waals surface area contributed by atoms with E-state index in [1.807, 2.05) is 56.3 Å². The van der Waals surface area contributed by atoms with E-state index in [2.05, 4.69) is 10.6 Å². The van der Waals surface area contributed by atoms with Gasteiger partial charge in [0.15, 0.2) is 0 Å². The van der Waals surface area contributed by atoms with Crippen LogP contribution < -0.4 is 15.4 Å². The number of hydrogen-bond donors (Lipinski definition) is 2. The van der Waals surface area contributed by atoms with Crippen LogP contribution in [-0.2, 0) is 16.1 Å². The molecule has 138 valence electrons. The fourth-order valence-corrected chi connectivity index (χ4v) is 2.51. The lowest BCUT2D eigenvalue weighted by atomic mass is 9.90. The summed E-state index contributed by atoms with van der Waals surface area (Å²) >= 11 is 0. The molecule has 0 aromatic heterocycles. The summed E-state index contributed by atoms with van der Waals surface area (Å²) in [6.07, 6.45) is 0. The van der Waals surface area contributed by atoms with E-state index >= 15 is 0 Å². The fourth-order valence-electron chi connectivity index (χ4n) is 2.51. The van der Waals surface area contributed by atoms with Crippen molar-refractivity contribution < 1.29 is 14.3 Å². The van der Waals surface area contributed by atoms with Crippen molar-refractivity contribution in [3.8, 4) is 5.75 Å². The average Bonchev–Trinajstić information content (AvgIpc) is 2.63. The Morgan fingerprint density at radius 1 is 1.00 bits per heavy atom. The molecular weight excluding hydrogens is 328 g/mol. The van der Waals surface area contributed by atoms with Crippen LogP contribution in [0.25, 0.3) is 0 Å². The van der Waals surface area contributed by atoms with Gasteiger partial charge in [-0.25, -0.2) is 0 Å². The minimum atomic E-state index is -1.21. The van der Waals surface area contributed by atoms with Gasteiger partial charge in [-0.2, -0.15) is 0 Å². The second kappa shape index (κ2) is 8.04. The first-order valence-corrected chi connectivity index (χ1v) is 8.55. The normalized spacial score (nSPS) is 11.0. The predicted octanol–water partition coefficient (Wildman–Crippen LogP) is 3.59. The molecule has 2 rings (SSSR count). The number of carbonyl (C=O) groups excluding carboxylic acids is 2. The first kappa shape index (κ1) is 19.5. The molecule has 5 nitrogen and oxygen atoms in total. The Labute approximate surface area is 154 Å². The fraction of sp³-hybridized carbons (Fsp3) is 0.333. The van der Waals surface area contributed by atoms with Crippen LogP contribution in [-0.4, -0.2) is 18.9 Å². The summed E-state index contributed by atoms with van der Waals surface area (Å²) in [5.74, 6) is 0.0142. The number of rotatable bonds is 6. The monoisotopic (exact) mass is 354 g/mol. The minimum Gasteiger partial charge on any atom is -0.496 e. The number of methoxy groups -OCH3 is 1. The Morgan fingerprint density at radius 2 is 1.69 bits per heavy atom. The molecule has 0 saturated carbocycles. The number of carbonyl (C=O) groups is 2. The lowest BCUT2D eigenvalue weighted by Crippen LogP contribution is -2.45. The number of nitrogens with one attached hydrogen (secondary N) is 2. The molecule has 2 amide bonds. The summed E-state index contributed by atoms with van der Waals surface area (Å²) in [6, 6.07) is 13.2. The van der Waals surface area contributed by atoms with Crippen LogP contribution in [0.1, 0.15) is 30.5 Å². The summed E-state index contributed by atoms with van der Waals surface area (Å²) in [4.78, 5) is 25.3. The van der Waals surface area contributed by atoms with Crippen molar-refractivity contribution in [3.63, 3.8) is 0 Å². The van der Waals surface area contributed by atoms with Crippen molar-refractivity contribution in [3.05, 3.63) is 59.2 Å². The zero-order chi connectivity index (χ0) is 19.3. The van der Waals surface area contributed by atoms with Crippen LogP contribution in [0.15, 0.2) is 42.5 Å². The van der Waals surface area contributed by atoms with Gasteiger partial charge in [0, 0.05) is 17.8 Å². The summed E-state index contributed by atoms with van der Waals surface area (Å²) in [5.41, 5.74) is 2.44. The standard InChI is InChI=1S/C21H26N2O3/c1-14-9-8-11-17(15(14)2)23-20(25)21(3,4)19(24)22-13-16-10-6-7-12-18(16)26-5/h6-12H,13H2,1-5H3,(H,22,24)(H,23,25). The lowest BCUT2D eigenvalue weighted by Gasteiger charge is -2.23. The van der Waals surface area contributed by atoms with E-state index in [0.29, 0.717) is 12.3 Å². The van der Waals surface area contributed by atoms with Gasteiger partial charge in [0.05, 0.1) is 7.11 Å². The van der Waals surface area contributed by atoms with Gasteiger partial charge in [-0.1, -0.05) is 30.3 Å². The smallest absolute Gasteiger partial charge is 0.239 e. The Bertz CT molecular complexity index is 813. The van der Waals surface area contributed by atoms with Crippen LogP contribution in [0.4, 0.5) is 5.69 Å². The second-order valence-corrected chi connectivity index (χ2v) is 6.82. The number of anilines is 1. The zero-order valence-corrected chi connectivity index (χ0v) is 16.0. The number of amides is 2. The maximum Gasteiger partial charge on any atom is 0.239 e. The van der Waals surface area contributed by atoms with Gasteiger partial charge in [0.1, 0.15) is 11.2 Å². The molecule has 0 saturated heterocycles. The summed E-state index contributed by atoms with van der Waals surface area (Å²) in [6.45, 7) is 7.45. The van der Waals surface area contributed by atoms with Gasteiger partial charge in [0.25, 0.3) is 0 Å². The molecule has 0 bridgehead atoms. The van der Waals surface area contributed by atoms with Crippen LogP contribution in [0.2, 0.25) is 0 Å². The summed E-state index contributed by atoms with van der Waals surface area (Å²) in [7, 11) is 1.59. The molecule has 2 N–H and O–H groups in total. The van der Waals surface area contributed by atoms with Crippen LogP contribution in [0, 0.1) is 19.3 Å². The molecule has 2 aromatic rings. The Hall–Kier alpha value is -2.82. The van der Waals surface area contributed by atoms with Gasteiger partial charge in [0.2, 0.25) is 11.8 Å². The van der Waals surface area contributed by atoms with E-state index in [-0.39, 0.29) is 11.8 Å². The van der Waals surface area contributed by atoms with Crippen molar-refractivity contribution in [2.45, 2.75) is 34.2 Å². The summed E-state index contributed by atoms with van der Waals surface area (Å²) in [5, 5.41) is 5.70. The van der Waals surface area contributed by atoms with Gasteiger partial charge < -0.3 is 15.4 Å². The number of hydrogen-bond acceptors (Lipinski definition) is 3. The molecular formula is C21H26N2O3. The number of para-hydroxylation sites is 1. The highest BCUT2D eigenvalue weighted by Crippen LogP contribution is 2.23. The van der Waals surface area contributed by atoms with Crippen molar-refractivity contribution in [2.75, 3.05) is 12.4 Å². The average molecular weight is 354 g/mol. The Morgan fingerprint density at radius 3 is 2.38 bits per heavy atom. The highest BCUT2D eigenvalue weighted by Gasteiger charge is 2.36. The summed E-state index contributed by atoms with van der Waals surface area (Å²) < 4.78 is 5.28. The first-order valence-electron chi connectivity index (χ1n) is 8.55. The van der Waals surface area contributed by atoms with E-state index in [1.165, 1.54) is 0 Å². The molecule has 0 spiro atoms. The molecule has 2 aromatic carbocycles. The topological polar surface area (TPSA) is 67.4 Å². The third kappa shape index (κ3) is 4.23. The van der Waals surface area contributed by atoms with E-state index in [9.17, 15) is 9.59 Å². The minimum absolute atomic E-state index is 0.295. The Kier molecular flexibility index (Phi) is 6.03. The molecule has 0 aliphatic carbocycles. The maximum atomic E-state index is 12.7. The molecule has 0 heterocycles. The first-order chi connectivity index (χ1) is 12.3. The molecule has 0 unspecified atom stereocenters. The van der Waals surface area contributed by atoms with E-state index in [4.69, 9.17) is 4.74 Å². The third-order valence-electron chi connectivity index (χ3n) is 4.62. The largest absolute Gasteiger partial charge is 0.496 e. The van der Waals surface area contributed by atoms with Crippen molar-refractivity contribution >= 4 is 17.5 Å². The van der Waals surface area contributed by atoms with Crippen LogP contribution in [0.5, 0.6) is 5.75 Å². The molecule has 0 radical (unpaired) electrons. The van der Waals surface area contributed by atoms with Gasteiger partial charge in [-0.05, 0) is 51.0 Å². The predicted molar refractivity (Wildman–Crippen MR) is 103 cm³/mol. The van der Waals surface area contributed by atoms with Crippen molar-refractivity contribution in [1.29, 1.82) is 0 Å². The molecule has 0 aliphatic rings. The number of ether oxygens (including phenoxy) is 1. The van der Waals surface area contributed by atoms with E-state index in [0.717, 1.165) is 22.4 Å². The van der Waals surface area contributed by atoms with Crippen molar-refractivity contribution in [2.24, 2.45) is 5.41 Å². The molecule has 26 heavy (non-hydrogen) atoms. The second-order valence-electron chi connectivity index (χ2n) is 6.82. The number of aryl methyl sites for hydroxylation is 1. The maximum absolute atomic E-state index is 12.7. The third-order valence-corrected chi connectivity index (χ3v) is 4.62. The van der Waals surface area contributed by atoms with E-state index in [1.54, 1.807) is 21.0 Å². The molecule has 0 fully saturated rings. The quantitative estimate of drug-likeness (QED) is 0.779. The number of benzene rings is 2. The van der Waals surface area contributed by atoms with Gasteiger partial charge in [-0.3, -0.25) is 9.59 Å². The van der Waals surface area contributed by atoms with Crippen LogP contribution in [0.3, 0.4) is 0 Å². The molecule has 0 atom stereocenters. The SMILES string of the molecule is COc1ccccc1CNC(=O)C(C)(C)C(=O)Nc1cccc(C)c1C. The zero-order valence-electron chi connectivity index (χ0n) is 16.0. The molecule has 5 heteroatoms. The Balaban J connectivity index is 2.06.